The number of anilines is 1. The van der Waals surface area contributed by atoms with Crippen molar-refractivity contribution in [1.29, 1.82) is 0 Å². The molecule has 1 aliphatic heterocycles. The van der Waals surface area contributed by atoms with Gasteiger partial charge in [0.25, 0.3) is 0 Å². The number of rotatable bonds is 3. The van der Waals surface area contributed by atoms with Crippen LogP contribution in [0.25, 0.3) is 0 Å². The van der Waals surface area contributed by atoms with Crippen molar-refractivity contribution in [2.45, 2.75) is 19.3 Å². The third kappa shape index (κ3) is 3.36. The van der Waals surface area contributed by atoms with E-state index >= 15 is 0 Å². The maximum atomic E-state index is 6.29. The third-order valence-corrected chi connectivity index (χ3v) is 4.78. The van der Waals surface area contributed by atoms with E-state index in [-0.39, 0.29) is 0 Å². The van der Waals surface area contributed by atoms with Gasteiger partial charge >= 0.3 is 0 Å². The van der Waals surface area contributed by atoms with Crippen LogP contribution in [0.1, 0.15) is 19.3 Å². The maximum absolute atomic E-state index is 6.29. The summed E-state index contributed by atoms with van der Waals surface area (Å²) in [4.78, 5) is 5.04. The number of piperazine rings is 1. The molecular weight excluding hydrogens is 268 g/mol. The molecule has 0 saturated carbocycles. The van der Waals surface area contributed by atoms with E-state index in [0.29, 0.717) is 0 Å². The van der Waals surface area contributed by atoms with Crippen molar-refractivity contribution in [1.82, 2.24) is 4.90 Å². The second kappa shape index (κ2) is 6.64. The monoisotopic (exact) mass is 290 g/mol. The summed E-state index contributed by atoms with van der Waals surface area (Å²) in [6, 6.07) is 8.18. The Hall–Kier alpha value is -0.990. The number of nitrogens with zero attached hydrogens (tertiary/aromatic N) is 2. The smallest absolute Gasteiger partial charge is 0.0639 e. The lowest BCUT2D eigenvalue weighted by Crippen LogP contribution is -2.48. The molecule has 0 radical (unpaired) electrons. The van der Waals surface area contributed by atoms with E-state index in [1.165, 1.54) is 31.5 Å². The highest BCUT2D eigenvalue weighted by molar-refractivity contribution is 6.33. The van der Waals surface area contributed by atoms with E-state index in [4.69, 9.17) is 11.6 Å². The molecule has 1 fully saturated rings. The summed E-state index contributed by atoms with van der Waals surface area (Å²) in [7, 11) is 0. The Balaban J connectivity index is 1.52. The third-order valence-electron chi connectivity index (χ3n) is 4.46. The standard InChI is InChI=1S/C17H23ClN2/c18-16-8-4-5-9-17(16)20-12-10-19(11-13-20)14-15-6-2-1-3-7-15/h1-2,4-5,8-9,15H,3,6-7,10-14H2/t15-/m0/s1. The topological polar surface area (TPSA) is 6.48 Å². The summed E-state index contributed by atoms with van der Waals surface area (Å²) in [5.41, 5.74) is 1.19. The maximum Gasteiger partial charge on any atom is 0.0639 e. The predicted molar refractivity (Wildman–Crippen MR) is 86.6 cm³/mol. The molecule has 1 aliphatic carbocycles. The van der Waals surface area contributed by atoms with Gasteiger partial charge in [-0.1, -0.05) is 35.9 Å². The molecule has 1 aromatic rings. The zero-order valence-corrected chi connectivity index (χ0v) is 12.7. The van der Waals surface area contributed by atoms with E-state index < -0.39 is 0 Å². The van der Waals surface area contributed by atoms with Gasteiger partial charge in [-0.15, -0.1) is 0 Å². The zero-order chi connectivity index (χ0) is 13.8. The molecule has 0 amide bonds. The molecule has 1 heterocycles. The second-order valence-corrected chi connectivity index (χ2v) is 6.30. The van der Waals surface area contributed by atoms with Crippen LogP contribution in [-0.2, 0) is 0 Å². The van der Waals surface area contributed by atoms with E-state index in [2.05, 4.69) is 34.1 Å². The molecule has 2 aliphatic rings. The number of allylic oxidation sites excluding steroid dienone is 2. The Bertz CT molecular complexity index is 464. The predicted octanol–water partition coefficient (Wildman–Crippen LogP) is 3.82. The minimum Gasteiger partial charge on any atom is -0.368 e. The van der Waals surface area contributed by atoms with E-state index in [1.807, 2.05) is 12.1 Å². The van der Waals surface area contributed by atoms with Gasteiger partial charge in [0.2, 0.25) is 0 Å². The summed E-state index contributed by atoms with van der Waals surface area (Å²) >= 11 is 6.29. The van der Waals surface area contributed by atoms with Gasteiger partial charge in [-0.05, 0) is 37.3 Å². The van der Waals surface area contributed by atoms with Gasteiger partial charge in [0.15, 0.2) is 0 Å². The van der Waals surface area contributed by atoms with Crippen molar-refractivity contribution < 1.29 is 0 Å². The fraction of sp³-hybridized carbons (Fsp3) is 0.529. The molecule has 1 atom stereocenters. The van der Waals surface area contributed by atoms with Crippen molar-refractivity contribution in [2.75, 3.05) is 37.6 Å². The Morgan fingerprint density at radius 1 is 1.05 bits per heavy atom. The van der Waals surface area contributed by atoms with E-state index in [9.17, 15) is 0 Å². The summed E-state index contributed by atoms with van der Waals surface area (Å²) < 4.78 is 0. The minimum atomic E-state index is 0.867. The van der Waals surface area contributed by atoms with Gasteiger partial charge in [0.05, 0.1) is 10.7 Å². The van der Waals surface area contributed by atoms with Gasteiger partial charge < -0.3 is 4.90 Å². The minimum absolute atomic E-state index is 0.867. The Morgan fingerprint density at radius 3 is 2.55 bits per heavy atom. The molecule has 0 unspecified atom stereocenters. The molecule has 0 aromatic heterocycles. The van der Waals surface area contributed by atoms with Gasteiger partial charge in [-0.2, -0.15) is 0 Å². The zero-order valence-electron chi connectivity index (χ0n) is 12.0. The quantitative estimate of drug-likeness (QED) is 0.781. The van der Waals surface area contributed by atoms with Crippen LogP contribution in [0.15, 0.2) is 36.4 Å². The Morgan fingerprint density at radius 2 is 1.85 bits per heavy atom. The fourth-order valence-corrected chi connectivity index (χ4v) is 3.52. The van der Waals surface area contributed by atoms with Crippen LogP contribution in [0.4, 0.5) is 5.69 Å². The molecule has 108 valence electrons. The molecule has 1 aromatic carbocycles. The van der Waals surface area contributed by atoms with Crippen molar-refractivity contribution in [3.8, 4) is 0 Å². The molecule has 0 N–H and O–H groups in total. The van der Waals surface area contributed by atoms with Crippen molar-refractivity contribution in [3.63, 3.8) is 0 Å². The first-order valence-electron chi connectivity index (χ1n) is 7.70. The van der Waals surface area contributed by atoms with Gasteiger partial charge in [0.1, 0.15) is 0 Å². The normalized spacial score (nSPS) is 24.1. The number of para-hydroxylation sites is 1. The first-order chi connectivity index (χ1) is 9.83. The van der Waals surface area contributed by atoms with Crippen LogP contribution in [0.2, 0.25) is 5.02 Å². The molecule has 3 heteroatoms. The Kier molecular flexibility index (Phi) is 4.64. The Labute approximate surface area is 127 Å². The number of benzene rings is 1. The van der Waals surface area contributed by atoms with Gasteiger partial charge in [-0.3, -0.25) is 4.90 Å². The van der Waals surface area contributed by atoms with Crippen LogP contribution < -0.4 is 4.90 Å². The van der Waals surface area contributed by atoms with Gasteiger partial charge in [0, 0.05) is 32.7 Å². The molecule has 1 saturated heterocycles. The van der Waals surface area contributed by atoms with Crippen LogP contribution in [0.5, 0.6) is 0 Å². The first-order valence-corrected chi connectivity index (χ1v) is 8.07. The summed E-state index contributed by atoms with van der Waals surface area (Å²) in [5.74, 6) is 0.867. The SMILES string of the molecule is Clc1ccccc1N1CCN(C[C@H]2CC=CCC2)CC1. The molecule has 2 nitrogen and oxygen atoms in total. The molecule has 3 rings (SSSR count). The van der Waals surface area contributed by atoms with E-state index in [0.717, 1.165) is 37.1 Å². The largest absolute Gasteiger partial charge is 0.368 e. The molecule has 20 heavy (non-hydrogen) atoms. The average molecular weight is 291 g/mol. The average Bonchev–Trinajstić information content (AvgIpc) is 2.50. The van der Waals surface area contributed by atoms with Crippen LogP contribution >= 0.6 is 11.6 Å². The highest BCUT2D eigenvalue weighted by Crippen LogP contribution is 2.26. The molecule has 0 spiro atoms. The van der Waals surface area contributed by atoms with Gasteiger partial charge in [-0.25, -0.2) is 0 Å². The fourth-order valence-electron chi connectivity index (χ4n) is 3.27. The lowest BCUT2D eigenvalue weighted by Gasteiger charge is -2.38. The molecular formula is C17H23ClN2. The lowest BCUT2D eigenvalue weighted by molar-refractivity contribution is 0.211. The van der Waals surface area contributed by atoms with Crippen LogP contribution in [0, 0.1) is 5.92 Å². The van der Waals surface area contributed by atoms with Crippen molar-refractivity contribution in [3.05, 3.63) is 41.4 Å². The molecule has 0 bridgehead atoms. The van der Waals surface area contributed by atoms with Crippen molar-refractivity contribution in [2.24, 2.45) is 5.92 Å². The van der Waals surface area contributed by atoms with E-state index in [1.54, 1.807) is 0 Å². The van der Waals surface area contributed by atoms with Crippen LogP contribution in [-0.4, -0.2) is 37.6 Å². The highest BCUT2D eigenvalue weighted by atomic mass is 35.5. The number of hydrogen-bond acceptors (Lipinski definition) is 2. The van der Waals surface area contributed by atoms with Crippen LogP contribution in [0.3, 0.4) is 0 Å². The number of hydrogen-bond donors (Lipinski definition) is 0. The summed E-state index contributed by atoms with van der Waals surface area (Å²) in [5, 5.41) is 0.873. The van der Waals surface area contributed by atoms with Crippen molar-refractivity contribution >= 4 is 17.3 Å². The first kappa shape index (κ1) is 14.0. The lowest BCUT2D eigenvalue weighted by atomic mass is 9.94. The second-order valence-electron chi connectivity index (χ2n) is 5.89. The summed E-state index contributed by atoms with van der Waals surface area (Å²) in [6.45, 7) is 5.76. The number of halogens is 1. The highest BCUT2D eigenvalue weighted by Gasteiger charge is 2.21. The summed E-state index contributed by atoms with van der Waals surface area (Å²) in [6.07, 6.45) is 8.58.